The first-order valence-electron chi connectivity index (χ1n) is 5.43. The molecule has 1 rings (SSSR count). The van der Waals surface area contributed by atoms with Gasteiger partial charge in [-0.25, -0.2) is 0 Å². The molecule has 0 spiro atoms. The van der Waals surface area contributed by atoms with Gasteiger partial charge in [0.15, 0.2) is 0 Å². The maximum atomic E-state index is 9.60. The molecule has 0 aromatic carbocycles. The Morgan fingerprint density at radius 2 is 1.67 bits per heavy atom. The molecule has 0 saturated carbocycles. The minimum absolute atomic E-state index is 0.318. The molecule has 1 heterocycles. The van der Waals surface area contributed by atoms with Crippen LogP contribution in [0.2, 0.25) is 0 Å². The van der Waals surface area contributed by atoms with Gasteiger partial charge in [0.1, 0.15) is 5.60 Å². The van der Waals surface area contributed by atoms with Gasteiger partial charge in [0.05, 0.1) is 0 Å². The zero-order valence-electron chi connectivity index (χ0n) is 10.5. The predicted octanol–water partition coefficient (Wildman–Crippen LogP) is 0.914. The van der Waals surface area contributed by atoms with Crippen molar-refractivity contribution in [1.29, 1.82) is 0 Å². The molecule has 0 amide bonds. The van der Waals surface area contributed by atoms with E-state index in [2.05, 4.69) is 29.2 Å². The number of piperazine rings is 1. The second-order valence-corrected chi connectivity index (χ2v) is 4.95. The molecule has 0 aromatic rings. The summed E-state index contributed by atoms with van der Waals surface area (Å²) in [6.45, 7) is 12.5. The maximum Gasteiger partial charge on any atom is 0.293 e. The fraction of sp³-hybridized carbons (Fsp3) is 0.909. The molecular formula is C11H24N2O2. The molecule has 2 unspecified atom stereocenters. The van der Waals surface area contributed by atoms with E-state index in [0.717, 1.165) is 13.1 Å². The van der Waals surface area contributed by atoms with Crippen LogP contribution in [0, 0.1) is 0 Å². The quantitative estimate of drug-likeness (QED) is 0.640. The van der Waals surface area contributed by atoms with Gasteiger partial charge < -0.3 is 15.4 Å². The summed E-state index contributed by atoms with van der Waals surface area (Å²) in [4.78, 5) is 9.60. The zero-order valence-corrected chi connectivity index (χ0v) is 10.5. The number of carbonyl (C=O) groups excluding carboxylic acids is 1. The highest BCUT2D eigenvalue weighted by atomic mass is 16.5. The summed E-state index contributed by atoms with van der Waals surface area (Å²) in [7, 11) is 0. The number of nitrogens with one attached hydrogen (secondary N) is 2. The predicted molar refractivity (Wildman–Crippen MR) is 61.8 cm³/mol. The van der Waals surface area contributed by atoms with Gasteiger partial charge in [-0.1, -0.05) is 0 Å². The van der Waals surface area contributed by atoms with Gasteiger partial charge in [0.25, 0.3) is 6.47 Å². The fourth-order valence-corrected chi connectivity index (χ4v) is 1.26. The fourth-order valence-electron chi connectivity index (χ4n) is 1.26. The maximum absolute atomic E-state index is 9.60. The Balaban J connectivity index is 0.000000265. The number of hydrogen-bond acceptors (Lipinski definition) is 4. The van der Waals surface area contributed by atoms with E-state index in [1.165, 1.54) is 0 Å². The molecule has 0 aromatic heterocycles. The molecule has 0 aliphatic carbocycles. The SMILES string of the molecule is CC(C)(C)OC=O.CC1CNCC(C)N1. The van der Waals surface area contributed by atoms with Crippen molar-refractivity contribution in [2.45, 2.75) is 52.3 Å². The molecule has 2 atom stereocenters. The van der Waals surface area contributed by atoms with Crippen molar-refractivity contribution in [2.24, 2.45) is 0 Å². The number of ether oxygens (including phenoxy) is 1. The second kappa shape index (κ2) is 6.80. The van der Waals surface area contributed by atoms with Crippen LogP contribution in [0.3, 0.4) is 0 Å². The van der Waals surface area contributed by atoms with Crippen molar-refractivity contribution in [2.75, 3.05) is 13.1 Å². The van der Waals surface area contributed by atoms with Crippen LogP contribution in [-0.2, 0) is 9.53 Å². The molecule has 15 heavy (non-hydrogen) atoms. The molecule has 4 nitrogen and oxygen atoms in total. The zero-order chi connectivity index (χ0) is 11.9. The normalized spacial score (nSPS) is 26.2. The lowest BCUT2D eigenvalue weighted by molar-refractivity contribution is -0.138. The Bertz CT molecular complexity index is 170. The van der Waals surface area contributed by atoms with Gasteiger partial charge >= 0.3 is 0 Å². The second-order valence-electron chi connectivity index (χ2n) is 4.95. The van der Waals surface area contributed by atoms with Crippen molar-refractivity contribution in [1.82, 2.24) is 10.6 Å². The highest BCUT2D eigenvalue weighted by Gasteiger charge is 2.11. The van der Waals surface area contributed by atoms with Crippen molar-refractivity contribution in [3.8, 4) is 0 Å². The Hall–Kier alpha value is -0.610. The Morgan fingerprint density at radius 1 is 1.20 bits per heavy atom. The van der Waals surface area contributed by atoms with Gasteiger partial charge in [-0.3, -0.25) is 4.79 Å². The molecule has 0 radical (unpaired) electrons. The van der Waals surface area contributed by atoms with Gasteiger partial charge in [-0.15, -0.1) is 0 Å². The summed E-state index contributed by atoms with van der Waals surface area (Å²) < 4.78 is 4.55. The Labute approximate surface area is 92.8 Å². The number of rotatable bonds is 1. The van der Waals surface area contributed by atoms with Gasteiger partial charge in [0, 0.05) is 25.2 Å². The summed E-state index contributed by atoms with van der Waals surface area (Å²) in [5, 5.41) is 6.74. The lowest BCUT2D eigenvalue weighted by Crippen LogP contribution is -2.52. The standard InChI is InChI=1S/C6H14N2.C5H10O2/c1-5-3-7-4-6(2)8-5;1-5(2,3)7-4-6/h5-8H,3-4H2,1-2H3;4H,1-3H3. The number of hydrogen-bond donors (Lipinski definition) is 2. The molecule has 1 aliphatic rings. The van der Waals surface area contributed by atoms with Crippen LogP contribution in [0.25, 0.3) is 0 Å². The Morgan fingerprint density at radius 3 is 1.80 bits per heavy atom. The van der Waals surface area contributed by atoms with Crippen molar-refractivity contribution >= 4 is 6.47 Å². The molecule has 90 valence electrons. The lowest BCUT2D eigenvalue weighted by atomic mass is 10.2. The molecule has 2 N–H and O–H groups in total. The van der Waals surface area contributed by atoms with E-state index in [0.29, 0.717) is 18.6 Å². The van der Waals surface area contributed by atoms with E-state index in [1.807, 2.05) is 20.8 Å². The van der Waals surface area contributed by atoms with Crippen LogP contribution >= 0.6 is 0 Å². The molecule has 1 aliphatic heterocycles. The highest BCUT2D eigenvalue weighted by molar-refractivity contribution is 5.37. The van der Waals surface area contributed by atoms with Crippen LogP contribution in [0.1, 0.15) is 34.6 Å². The van der Waals surface area contributed by atoms with Crippen LogP contribution in [0.5, 0.6) is 0 Å². The van der Waals surface area contributed by atoms with E-state index in [9.17, 15) is 4.79 Å². The van der Waals surface area contributed by atoms with Crippen LogP contribution in [0.15, 0.2) is 0 Å². The molecule has 0 bridgehead atoms. The monoisotopic (exact) mass is 216 g/mol. The highest BCUT2D eigenvalue weighted by Crippen LogP contribution is 2.02. The first-order valence-corrected chi connectivity index (χ1v) is 5.43. The van der Waals surface area contributed by atoms with Crippen LogP contribution in [0.4, 0.5) is 0 Å². The number of carbonyl (C=O) groups is 1. The first-order chi connectivity index (χ1) is 6.85. The van der Waals surface area contributed by atoms with Crippen molar-refractivity contribution in [3.05, 3.63) is 0 Å². The first kappa shape index (κ1) is 14.4. The summed E-state index contributed by atoms with van der Waals surface area (Å²) in [6, 6.07) is 1.30. The van der Waals surface area contributed by atoms with E-state index in [4.69, 9.17) is 0 Å². The lowest BCUT2D eigenvalue weighted by Gasteiger charge is -2.26. The summed E-state index contributed by atoms with van der Waals surface area (Å²) in [5.74, 6) is 0. The molecular weight excluding hydrogens is 192 g/mol. The molecule has 4 heteroatoms. The largest absolute Gasteiger partial charge is 0.462 e. The van der Waals surface area contributed by atoms with Crippen molar-refractivity contribution in [3.63, 3.8) is 0 Å². The average Bonchev–Trinajstić information content (AvgIpc) is 2.01. The van der Waals surface area contributed by atoms with E-state index >= 15 is 0 Å². The summed E-state index contributed by atoms with van der Waals surface area (Å²) in [5.41, 5.74) is -0.318. The van der Waals surface area contributed by atoms with Crippen LogP contribution < -0.4 is 10.6 Å². The minimum Gasteiger partial charge on any atom is -0.462 e. The topological polar surface area (TPSA) is 50.4 Å². The Kier molecular flexibility index (Phi) is 6.52. The minimum atomic E-state index is -0.318. The van der Waals surface area contributed by atoms with E-state index in [1.54, 1.807) is 0 Å². The van der Waals surface area contributed by atoms with Gasteiger partial charge in [-0.2, -0.15) is 0 Å². The molecule has 1 fully saturated rings. The van der Waals surface area contributed by atoms with Gasteiger partial charge in [0.2, 0.25) is 0 Å². The third-order valence-corrected chi connectivity index (χ3v) is 1.87. The summed E-state index contributed by atoms with van der Waals surface area (Å²) in [6.07, 6.45) is 0. The molecule has 1 saturated heterocycles. The summed E-state index contributed by atoms with van der Waals surface area (Å²) >= 11 is 0. The smallest absolute Gasteiger partial charge is 0.293 e. The third-order valence-electron chi connectivity index (χ3n) is 1.87. The average molecular weight is 216 g/mol. The van der Waals surface area contributed by atoms with E-state index < -0.39 is 0 Å². The van der Waals surface area contributed by atoms with Crippen molar-refractivity contribution < 1.29 is 9.53 Å². The van der Waals surface area contributed by atoms with E-state index in [-0.39, 0.29) is 5.60 Å². The van der Waals surface area contributed by atoms with Crippen LogP contribution in [-0.4, -0.2) is 37.2 Å². The third kappa shape index (κ3) is 9.69. The van der Waals surface area contributed by atoms with Gasteiger partial charge in [-0.05, 0) is 34.6 Å².